The molecule has 0 amide bonds. The zero-order valence-electron chi connectivity index (χ0n) is 4.97. The van der Waals surface area contributed by atoms with Crippen LogP contribution in [0.25, 0.3) is 0 Å². The predicted molar refractivity (Wildman–Crippen MR) is 33.2 cm³/mol. The van der Waals surface area contributed by atoms with Gasteiger partial charge in [-0.1, -0.05) is 11.6 Å². The van der Waals surface area contributed by atoms with E-state index in [9.17, 15) is 8.78 Å². The summed E-state index contributed by atoms with van der Waals surface area (Å²) >= 11 is 5.37. The fourth-order valence-corrected chi connectivity index (χ4v) is 0.733. The number of nitrogens with zero attached hydrogens (tertiary/aromatic N) is 2. The summed E-state index contributed by atoms with van der Waals surface area (Å²) in [7, 11) is 0. The van der Waals surface area contributed by atoms with Crippen molar-refractivity contribution in [3.8, 4) is 0 Å². The number of alkyl halides is 2. The van der Waals surface area contributed by atoms with Crippen LogP contribution < -0.4 is 0 Å². The maximum Gasteiger partial charge on any atom is 0.257 e. The van der Waals surface area contributed by atoms with Crippen LogP contribution in [0.3, 0.4) is 0 Å². The fourth-order valence-electron chi connectivity index (χ4n) is 0.580. The summed E-state index contributed by atoms with van der Waals surface area (Å²) in [6, 6.07) is 1.46. The van der Waals surface area contributed by atoms with E-state index in [1.807, 2.05) is 0 Å². The van der Waals surface area contributed by atoms with Crippen LogP contribution in [0.4, 0.5) is 8.78 Å². The van der Waals surface area contributed by atoms with Crippen LogP contribution in [-0.4, -0.2) is 16.2 Å². The first-order valence-electron chi connectivity index (χ1n) is 2.65. The predicted octanol–water partition coefficient (Wildman–Crippen LogP) is 1.80. The molecule has 0 aromatic carbocycles. The Hall–Kier alpha value is -0.640. The molecule has 0 bridgehead atoms. The third-order valence-corrected chi connectivity index (χ3v) is 1.13. The Labute approximate surface area is 61.4 Å². The lowest BCUT2D eigenvalue weighted by Gasteiger charge is -1.96. The lowest BCUT2D eigenvalue weighted by molar-refractivity contribution is 0.122. The molecule has 0 atom stereocenters. The van der Waals surface area contributed by atoms with Gasteiger partial charge in [0.1, 0.15) is 6.54 Å². The molecule has 56 valence electrons. The largest absolute Gasteiger partial charge is 0.265 e. The molecule has 0 spiro atoms. The van der Waals surface area contributed by atoms with E-state index < -0.39 is 13.0 Å². The molecular weight excluding hydrogens is 162 g/mol. The molecule has 0 saturated carbocycles. The number of aromatic nitrogens is 2. The standard InChI is InChI=1S/C5H5ClF2N2/c6-4-1-2-10(9-4)3-5(7)8/h1-2,5H,3H2. The molecule has 10 heavy (non-hydrogen) atoms. The first kappa shape index (κ1) is 7.47. The van der Waals surface area contributed by atoms with Gasteiger partial charge in [0.15, 0.2) is 5.15 Å². The summed E-state index contributed by atoms with van der Waals surface area (Å²) in [5.41, 5.74) is 0. The molecule has 0 aliphatic heterocycles. The highest BCUT2D eigenvalue weighted by atomic mass is 35.5. The van der Waals surface area contributed by atoms with E-state index >= 15 is 0 Å². The van der Waals surface area contributed by atoms with E-state index in [-0.39, 0.29) is 5.15 Å². The van der Waals surface area contributed by atoms with Gasteiger partial charge < -0.3 is 0 Å². The van der Waals surface area contributed by atoms with Crippen molar-refractivity contribution in [1.29, 1.82) is 0 Å². The van der Waals surface area contributed by atoms with Crippen LogP contribution in [-0.2, 0) is 6.54 Å². The van der Waals surface area contributed by atoms with E-state index in [0.29, 0.717) is 0 Å². The summed E-state index contributed by atoms with van der Waals surface area (Å²) < 4.78 is 24.4. The zero-order chi connectivity index (χ0) is 7.56. The molecule has 0 radical (unpaired) electrons. The maximum absolute atomic E-state index is 11.6. The van der Waals surface area contributed by atoms with E-state index in [4.69, 9.17) is 11.6 Å². The smallest absolute Gasteiger partial charge is 0.257 e. The minimum Gasteiger partial charge on any atom is -0.265 e. The number of hydrogen-bond acceptors (Lipinski definition) is 1. The second-order valence-corrected chi connectivity index (χ2v) is 2.14. The Kier molecular flexibility index (Phi) is 2.21. The molecule has 1 heterocycles. The number of hydrogen-bond donors (Lipinski definition) is 0. The van der Waals surface area contributed by atoms with Crippen molar-refractivity contribution in [1.82, 2.24) is 9.78 Å². The number of halogens is 3. The van der Waals surface area contributed by atoms with Crippen LogP contribution in [0.5, 0.6) is 0 Å². The van der Waals surface area contributed by atoms with Gasteiger partial charge in [-0.3, -0.25) is 4.68 Å². The van der Waals surface area contributed by atoms with Gasteiger partial charge in [0, 0.05) is 6.20 Å². The molecule has 0 N–H and O–H groups in total. The van der Waals surface area contributed by atoms with Gasteiger partial charge in [0.05, 0.1) is 0 Å². The van der Waals surface area contributed by atoms with Crippen LogP contribution in [0.1, 0.15) is 0 Å². The monoisotopic (exact) mass is 166 g/mol. The summed E-state index contributed by atoms with van der Waals surface area (Å²) in [5, 5.41) is 3.79. The van der Waals surface area contributed by atoms with Gasteiger partial charge in [0.2, 0.25) is 0 Å². The van der Waals surface area contributed by atoms with Crippen molar-refractivity contribution in [2.45, 2.75) is 13.0 Å². The normalized spacial score (nSPS) is 10.8. The van der Waals surface area contributed by atoms with Crippen molar-refractivity contribution in [2.75, 3.05) is 0 Å². The Bertz CT molecular complexity index is 211. The molecule has 1 aromatic rings. The SMILES string of the molecule is FC(F)Cn1ccc(Cl)n1. The maximum atomic E-state index is 11.6. The Balaban J connectivity index is 2.58. The highest BCUT2D eigenvalue weighted by Crippen LogP contribution is 2.04. The zero-order valence-corrected chi connectivity index (χ0v) is 5.72. The quantitative estimate of drug-likeness (QED) is 0.655. The third kappa shape index (κ3) is 1.95. The summed E-state index contributed by atoms with van der Waals surface area (Å²) in [6.07, 6.45) is -0.968. The van der Waals surface area contributed by atoms with Gasteiger partial charge in [0.25, 0.3) is 6.43 Å². The van der Waals surface area contributed by atoms with Crippen molar-refractivity contribution >= 4 is 11.6 Å². The lowest BCUT2D eigenvalue weighted by atomic mass is 10.7. The summed E-state index contributed by atoms with van der Waals surface area (Å²) in [5.74, 6) is 0. The molecule has 0 fully saturated rings. The van der Waals surface area contributed by atoms with Crippen LogP contribution in [0.2, 0.25) is 5.15 Å². The number of rotatable bonds is 2. The highest BCUT2D eigenvalue weighted by Gasteiger charge is 2.03. The molecule has 5 heteroatoms. The van der Waals surface area contributed by atoms with Gasteiger partial charge in [-0.2, -0.15) is 5.10 Å². The molecule has 0 aliphatic carbocycles. The van der Waals surface area contributed by atoms with Gasteiger partial charge in [-0.15, -0.1) is 0 Å². The minimum atomic E-state index is -2.38. The highest BCUT2D eigenvalue weighted by molar-refractivity contribution is 6.29. The van der Waals surface area contributed by atoms with E-state index in [0.717, 1.165) is 4.68 Å². The average Bonchev–Trinajstić information content (AvgIpc) is 2.13. The minimum absolute atomic E-state index is 0.237. The van der Waals surface area contributed by atoms with Gasteiger partial charge >= 0.3 is 0 Å². The first-order chi connectivity index (χ1) is 4.68. The summed E-state index contributed by atoms with van der Waals surface area (Å²) in [6.45, 7) is -0.396. The molecule has 2 nitrogen and oxygen atoms in total. The van der Waals surface area contributed by atoms with Crippen LogP contribution in [0, 0.1) is 0 Å². The molecule has 0 unspecified atom stereocenters. The molecule has 1 aromatic heterocycles. The van der Waals surface area contributed by atoms with Crippen molar-refractivity contribution in [3.05, 3.63) is 17.4 Å². The molecular formula is C5H5ClF2N2. The van der Waals surface area contributed by atoms with Gasteiger partial charge in [-0.25, -0.2) is 8.78 Å². The van der Waals surface area contributed by atoms with E-state index in [2.05, 4.69) is 5.10 Å². The second-order valence-electron chi connectivity index (χ2n) is 1.75. The van der Waals surface area contributed by atoms with Crippen molar-refractivity contribution in [2.24, 2.45) is 0 Å². The van der Waals surface area contributed by atoms with Crippen molar-refractivity contribution < 1.29 is 8.78 Å². The topological polar surface area (TPSA) is 17.8 Å². The lowest BCUT2D eigenvalue weighted by Crippen LogP contribution is -2.06. The first-order valence-corrected chi connectivity index (χ1v) is 3.03. The van der Waals surface area contributed by atoms with E-state index in [1.165, 1.54) is 12.3 Å². The Morgan fingerprint density at radius 2 is 2.40 bits per heavy atom. The van der Waals surface area contributed by atoms with E-state index in [1.54, 1.807) is 0 Å². The average molecular weight is 167 g/mol. The third-order valence-electron chi connectivity index (χ3n) is 0.933. The molecule has 0 aliphatic rings. The van der Waals surface area contributed by atoms with Crippen LogP contribution in [0.15, 0.2) is 12.3 Å². The van der Waals surface area contributed by atoms with Crippen molar-refractivity contribution in [3.63, 3.8) is 0 Å². The second kappa shape index (κ2) is 2.96. The van der Waals surface area contributed by atoms with Gasteiger partial charge in [-0.05, 0) is 6.07 Å². The fraction of sp³-hybridized carbons (Fsp3) is 0.400. The molecule has 1 rings (SSSR count). The van der Waals surface area contributed by atoms with Crippen LogP contribution >= 0.6 is 11.6 Å². The summed E-state index contributed by atoms with van der Waals surface area (Å²) in [4.78, 5) is 0. The Morgan fingerprint density at radius 1 is 1.70 bits per heavy atom. The Morgan fingerprint density at radius 3 is 2.80 bits per heavy atom. The molecule has 0 saturated heterocycles.